The van der Waals surface area contributed by atoms with E-state index >= 15 is 0 Å². The molecule has 1 atom stereocenters. The second-order valence-corrected chi connectivity index (χ2v) is 9.24. The highest BCUT2D eigenvalue weighted by Gasteiger charge is 2.24. The molecule has 35 heavy (non-hydrogen) atoms. The van der Waals surface area contributed by atoms with E-state index in [0.717, 1.165) is 11.3 Å². The molecule has 0 radical (unpaired) electrons. The molecule has 10 heteroatoms. The lowest BCUT2D eigenvalue weighted by Crippen LogP contribution is -2.27. The molecule has 0 fully saturated rings. The topological polar surface area (TPSA) is 96.0 Å². The minimum atomic E-state index is -0.515. The lowest BCUT2D eigenvalue weighted by molar-refractivity contribution is -0.115. The van der Waals surface area contributed by atoms with Crippen LogP contribution in [0.15, 0.2) is 64.5 Å². The molecule has 0 saturated carbocycles. The largest absolute Gasteiger partial charge is 0.496 e. The maximum absolute atomic E-state index is 13.1. The fraction of sp³-hybridized carbons (Fsp3) is 0.280. The first-order valence-electron chi connectivity index (χ1n) is 11.3. The summed E-state index contributed by atoms with van der Waals surface area (Å²) in [5.41, 5.74) is 2.21. The van der Waals surface area contributed by atoms with Gasteiger partial charge in [0, 0.05) is 13.6 Å². The summed E-state index contributed by atoms with van der Waals surface area (Å²) in [4.78, 5) is 26.2. The number of para-hydroxylation sites is 2. The predicted molar refractivity (Wildman–Crippen MR) is 137 cm³/mol. The van der Waals surface area contributed by atoms with Crippen molar-refractivity contribution in [2.75, 3.05) is 12.4 Å². The summed E-state index contributed by atoms with van der Waals surface area (Å²) in [5, 5.41) is 11.6. The Hall–Kier alpha value is -3.79. The zero-order chi connectivity index (χ0) is 25.1. The van der Waals surface area contributed by atoms with Crippen LogP contribution >= 0.6 is 11.8 Å². The Morgan fingerprint density at radius 3 is 2.49 bits per heavy atom. The van der Waals surface area contributed by atoms with Crippen molar-refractivity contribution in [2.24, 2.45) is 7.05 Å². The second-order valence-electron chi connectivity index (χ2n) is 7.94. The highest BCUT2D eigenvalue weighted by molar-refractivity contribution is 8.00. The van der Waals surface area contributed by atoms with Gasteiger partial charge >= 0.3 is 0 Å². The lowest BCUT2D eigenvalue weighted by atomic mass is 10.2. The number of nitrogens with zero attached hydrogens (tertiary/aromatic N) is 5. The van der Waals surface area contributed by atoms with Gasteiger partial charge in [0.05, 0.1) is 29.3 Å². The predicted octanol–water partition coefficient (Wildman–Crippen LogP) is 3.89. The van der Waals surface area contributed by atoms with Crippen LogP contribution in [0.3, 0.4) is 0 Å². The molecule has 1 amide bonds. The summed E-state index contributed by atoms with van der Waals surface area (Å²) in [6.07, 6.45) is 0. The van der Waals surface area contributed by atoms with Crippen LogP contribution in [0.2, 0.25) is 0 Å². The summed E-state index contributed by atoms with van der Waals surface area (Å²) in [7, 11) is 3.41. The van der Waals surface area contributed by atoms with Crippen LogP contribution in [-0.2, 0) is 18.4 Å². The molecular weight excluding hydrogens is 464 g/mol. The number of benzene rings is 2. The quantitative estimate of drug-likeness (QED) is 0.375. The zero-order valence-corrected chi connectivity index (χ0v) is 21.2. The van der Waals surface area contributed by atoms with E-state index in [1.165, 1.54) is 16.4 Å². The molecular formula is C25H28N6O3S. The Labute approximate surface area is 207 Å². The third kappa shape index (κ3) is 4.61. The van der Waals surface area contributed by atoms with Crippen molar-refractivity contribution in [1.29, 1.82) is 0 Å². The van der Waals surface area contributed by atoms with Gasteiger partial charge in [-0.25, -0.2) is 4.68 Å². The van der Waals surface area contributed by atoms with Gasteiger partial charge in [0.25, 0.3) is 5.56 Å². The number of hydrogen-bond acceptors (Lipinski definition) is 6. The molecule has 9 nitrogen and oxygen atoms in total. The molecule has 4 aromatic rings. The number of carbonyl (C=O) groups excluding carboxylic acids is 1. The van der Waals surface area contributed by atoms with Crippen molar-refractivity contribution in [2.45, 2.75) is 37.7 Å². The third-order valence-corrected chi connectivity index (χ3v) is 6.92. The van der Waals surface area contributed by atoms with Crippen LogP contribution in [0.25, 0.3) is 17.1 Å². The molecule has 0 bridgehead atoms. The number of thioether (sulfide) groups is 1. The van der Waals surface area contributed by atoms with Crippen molar-refractivity contribution in [3.63, 3.8) is 0 Å². The molecule has 4 rings (SSSR count). The van der Waals surface area contributed by atoms with E-state index in [0.29, 0.717) is 29.0 Å². The van der Waals surface area contributed by atoms with Crippen LogP contribution < -0.4 is 15.6 Å². The van der Waals surface area contributed by atoms with Gasteiger partial charge in [-0.3, -0.25) is 14.3 Å². The van der Waals surface area contributed by atoms with Gasteiger partial charge < -0.3 is 14.6 Å². The number of hydrogen-bond donors (Lipinski definition) is 1. The van der Waals surface area contributed by atoms with E-state index in [2.05, 4.69) is 15.5 Å². The third-order valence-electron chi connectivity index (χ3n) is 5.83. The molecule has 1 N–H and O–H groups in total. The second kappa shape index (κ2) is 10.2. The van der Waals surface area contributed by atoms with E-state index < -0.39 is 5.25 Å². The fourth-order valence-electron chi connectivity index (χ4n) is 3.84. The maximum Gasteiger partial charge on any atom is 0.295 e. The first-order valence-corrected chi connectivity index (χ1v) is 12.1. The van der Waals surface area contributed by atoms with E-state index in [1.54, 1.807) is 25.8 Å². The Morgan fingerprint density at radius 1 is 1.11 bits per heavy atom. The van der Waals surface area contributed by atoms with E-state index in [4.69, 9.17) is 4.74 Å². The fourth-order valence-corrected chi connectivity index (χ4v) is 4.75. The maximum atomic E-state index is 13.1. The van der Waals surface area contributed by atoms with Gasteiger partial charge in [0.2, 0.25) is 5.91 Å². The average molecular weight is 493 g/mol. The molecule has 0 spiro atoms. The number of rotatable bonds is 8. The highest BCUT2D eigenvalue weighted by Crippen LogP contribution is 2.32. The van der Waals surface area contributed by atoms with Gasteiger partial charge in [-0.1, -0.05) is 42.1 Å². The van der Waals surface area contributed by atoms with Gasteiger partial charge in [-0.05, 0) is 45.0 Å². The number of nitrogens with one attached hydrogen (secondary N) is 1. The standard InChI is InChI=1S/C25H28N6O3S/c1-6-30-22(19-14-10-11-15-20(19)34-5)27-28-25(30)35-17(3)23(32)26-21-16(2)29(4)31(24(21)33)18-12-8-7-9-13-18/h7-15,17H,6H2,1-5H3,(H,26,32)/t17-/m0/s1. The normalized spacial score (nSPS) is 11.9. The van der Waals surface area contributed by atoms with Gasteiger partial charge in [0.1, 0.15) is 11.4 Å². The van der Waals surface area contributed by atoms with E-state index in [1.807, 2.05) is 73.0 Å². The molecule has 182 valence electrons. The minimum absolute atomic E-state index is 0.264. The Bertz CT molecular complexity index is 1410. The first-order chi connectivity index (χ1) is 16.9. The molecule has 0 unspecified atom stereocenters. The van der Waals surface area contributed by atoms with Gasteiger partial charge in [-0.15, -0.1) is 10.2 Å². The minimum Gasteiger partial charge on any atom is -0.496 e. The Balaban J connectivity index is 1.57. The van der Waals surface area contributed by atoms with Crippen molar-refractivity contribution in [3.05, 3.63) is 70.6 Å². The van der Waals surface area contributed by atoms with E-state index in [-0.39, 0.29) is 17.2 Å². The Morgan fingerprint density at radius 2 is 1.80 bits per heavy atom. The van der Waals surface area contributed by atoms with Crippen molar-refractivity contribution < 1.29 is 9.53 Å². The van der Waals surface area contributed by atoms with Crippen LogP contribution in [-0.4, -0.2) is 42.4 Å². The monoisotopic (exact) mass is 492 g/mol. The summed E-state index contributed by atoms with van der Waals surface area (Å²) in [5.74, 6) is 1.08. The summed E-state index contributed by atoms with van der Waals surface area (Å²) in [6.45, 7) is 6.21. The van der Waals surface area contributed by atoms with E-state index in [9.17, 15) is 9.59 Å². The Kier molecular flexibility index (Phi) is 7.11. The number of anilines is 1. The smallest absolute Gasteiger partial charge is 0.295 e. The number of ether oxygens (including phenoxy) is 1. The summed E-state index contributed by atoms with van der Waals surface area (Å²) >= 11 is 1.29. The van der Waals surface area contributed by atoms with Crippen molar-refractivity contribution in [1.82, 2.24) is 24.1 Å². The molecule has 0 aliphatic rings. The molecule has 2 aromatic heterocycles. The van der Waals surface area contributed by atoms with Crippen LogP contribution in [0.5, 0.6) is 5.75 Å². The molecule has 2 heterocycles. The summed E-state index contributed by atoms with van der Waals surface area (Å²) in [6, 6.07) is 16.9. The molecule has 0 aliphatic heterocycles. The zero-order valence-electron chi connectivity index (χ0n) is 20.3. The van der Waals surface area contributed by atoms with Crippen LogP contribution in [0, 0.1) is 6.92 Å². The van der Waals surface area contributed by atoms with Crippen molar-refractivity contribution >= 4 is 23.4 Å². The first kappa shape index (κ1) is 24.3. The average Bonchev–Trinajstić information content (AvgIpc) is 3.37. The number of aromatic nitrogens is 5. The molecule has 0 saturated heterocycles. The van der Waals surface area contributed by atoms with Crippen molar-refractivity contribution in [3.8, 4) is 22.8 Å². The van der Waals surface area contributed by atoms with Gasteiger partial charge in [0.15, 0.2) is 11.0 Å². The van der Waals surface area contributed by atoms with Crippen LogP contribution in [0.4, 0.5) is 5.69 Å². The lowest BCUT2D eigenvalue weighted by Gasteiger charge is -2.13. The molecule has 2 aromatic carbocycles. The van der Waals surface area contributed by atoms with Crippen LogP contribution in [0.1, 0.15) is 19.5 Å². The van der Waals surface area contributed by atoms with Gasteiger partial charge in [-0.2, -0.15) is 0 Å². The molecule has 0 aliphatic carbocycles. The SMILES string of the molecule is CCn1c(S[C@@H](C)C(=O)Nc2c(C)n(C)n(-c3ccccc3)c2=O)nnc1-c1ccccc1OC. The number of methoxy groups -OCH3 is 1. The summed E-state index contributed by atoms with van der Waals surface area (Å²) < 4.78 is 10.7. The number of carbonyl (C=O) groups is 1. The highest BCUT2D eigenvalue weighted by atomic mass is 32.2. The number of amides is 1.